The Balaban J connectivity index is 1.28. The van der Waals surface area contributed by atoms with Crippen LogP contribution >= 0.6 is 0 Å². The average Bonchev–Trinajstić information content (AvgIpc) is 3.06. The van der Waals surface area contributed by atoms with Crippen LogP contribution in [0.1, 0.15) is 25.7 Å². The van der Waals surface area contributed by atoms with Gasteiger partial charge in [0.15, 0.2) is 0 Å². The Hall–Kier alpha value is -0.690. The van der Waals surface area contributed by atoms with Crippen LogP contribution in [0, 0.1) is 11.8 Å². The number of carbonyl (C=O) groups is 1. The maximum Gasteiger partial charge on any atom is 0.251 e. The fraction of sp³-hybridized carbons (Fsp3) is 0.944. The second-order valence-electron chi connectivity index (χ2n) is 7.70. The fourth-order valence-corrected chi connectivity index (χ4v) is 4.60. The normalized spacial score (nSPS) is 35.8. The first kappa shape index (κ1) is 16.8. The van der Waals surface area contributed by atoms with E-state index in [2.05, 4.69) is 4.90 Å². The summed E-state index contributed by atoms with van der Waals surface area (Å²) < 4.78 is 17.0. The maximum absolute atomic E-state index is 12.7. The smallest absolute Gasteiger partial charge is 0.251 e. The van der Waals surface area contributed by atoms with Crippen molar-refractivity contribution in [2.45, 2.75) is 37.9 Å². The second-order valence-corrected chi connectivity index (χ2v) is 7.70. The standard InChI is InChI=1S/C18H30N2O4/c21-18(20-5-9-23-10-6-20)16-11-15-1-4-19(13-17(15)24-16)12-14-2-7-22-8-3-14/h14-17H,1-13H2/t15-,16+,17-/m1/s1. The largest absolute Gasteiger partial charge is 0.381 e. The topological polar surface area (TPSA) is 51.2 Å². The number of morpholine rings is 1. The summed E-state index contributed by atoms with van der Waals surface area (Å²) in [6.45, 7) is 7.88. The molecule has 4 saturated heterocycles. The van der Waals surface area contributed by atoms with Gasteiger partial charge in [0.05, 0.1) is 19.3 Å². The Morgan fingerprint density at radius 1 is 0.958 bits per heavy atom. The van der Waals surface area contributed by atoms with Crippen LogP contribution in [-0.4, -0.2) is 87.1 Å². The predicted octanol–water partition coefficient (Wildman–Crippen LogP) is 0.751. The molecule has 6 heteroatoms. The summed E-state index contributed by atoms with van der Waals surface area (Å²) >= 11 is 0. The molecule has 3 atom stereocenters. The molecule has 4 fully saturated rings. The lowest BCUT2D eigenvalue weighted by Gasteiger charge is -2.37. The lowest BCUT2D eigenvalue weighted by atomic mass is 9.90. The molecule has 24 heavy (non-hydrogen) atoms. The summed E-state index contributed by atoms with van der Waals surface area (Å²) in [5.41, 5.74) is 0. The summed E-state index contributed by atoms with van der Waals surface area (Å²) in [4.78, 5) is 17.1. The first-order valence-corrected chi connectivity index (χ1v) is 9.61. The molecular weight excluding hydrogens is 308 g/mol. The molecule has 0 N–H and O–H groups in total. The van der Waals surface area contributed by atoms with Crippen molar-refractivity contribution in [1.82, 2.24) is 9.80 Å². The molecular formula is C18H30N2O4. The Labute approximate surface area is 144 Å². The lowest BCUT2D eigenvalue weighted by Crippen LogP contribution is -2.46. The Bertz CT molecular complexity index is 435. The van der Waals surface area contributed by atoms with Gasteiger partial charge in [-0.25, -0.2) is 0 Å². The lowest BCUT2D eigenvalue weighted by molar-refractivity contribution is -0.147. The molecule has 0 aromatic rings. The summed E-state index contributed by atoms with van der Waals surface area (Å²) in [5.74, 6) is 1.51. The van der Waals surface area contributed by atoms with Crippen LogP contribution in [0.4, 0.5) is 0 Å². The summed E-state index contributed by atoms with van der Waals surface area (Å²) in [5, 5.41) is 0. The minimum absolute atomic E-state index is 0.184. The molecule has 0 unspecified atom stereocenters. The van der Waals surface area contributed by atoms with Crippen LogP contribution in [0.25, 0.3) is 0 Å². The quantitative estimate of drug-likeness (QED) is 0.760. The maximum atomic E-state index is 12.7. The van der Waals surface area contributed by atoms with Crippen LogP contribution in [0.15, 0.2) is 0 Å². The highest BCUT2D eigenvalue weighted by atomic mass is 16.5. The first-order chi connectivity index (χ1) is 11.8. The number of rotatable bonds is 3. The van der Waals surface area contributed by atoms with Crippen LogP contribution in [0.3, 0.4) is 0 Å². The number of hydrogen-bond donors (Lipinski definition) is 0. The van der Waals surface area contributed by atoms with E-state index in [1.807, 2.05) is 4.90 Å². The van der Waals surface area contributed by atoms with E-state index < -0.39 is 0 Å². The molecule has 0 spiro atoms. The summed E-state index contributed by atoms with van der Waals surface area (Å²) in [7, 11) is 0. The van der Waals surface area contributed by atoms with E-state index in [0.29, 0.717) is 32.2 Å². The van der Waals surface area contributed by atoms with Gasteiger partial charge in [0, 0.05) is 39.4 Å². The molecule has 4 aliphatic rings. The average molecular weight is 338 g/mol. The van der Waals surface area contributed by atoms with Crippen LogP contribution in [0.2, 0.25) is 0 Å². The molecule has 6 nitrogen and oxygen atoms in total. The number of amides is 1. The Kier molecular flexibility index (Phi) is 5.37. The monoisotopic (exact) mass is 338 g/mol. The molecule has 4 rings (SSSR count). The van der Waals surface area contributed by atoms with Gasteiger partial charge in [-0.05, 0) is 44.1 Å². The molecule has 4 aliphatic heterocycles. The predicted molar refractivity (Wildman–Crippen MR) is 88.8 cm³/mol. The van der Waals surface area contributed by atoms with Gasteiger partial charge < -0.3 is 24.0 Å². The van der Waals surface area contributed by atoms with Gasteiger partial charge in [-0.3, -0.25) is 4.79 Å². The molecule has 1 amide bonds. The van der Waals surface area contributed by atoms with Crippen molar-refractivity contribution in [3.8, 4) is 0 Å². The number of ether oxygens (including phenoxy) is 3. The van der Waals surface area contributed by atoms with E-state index in [9.17, 15) is 4.79 Å². The number of hydrogen-bond acceptors (Lipinski definition) is 5. The van der Waals surface area contributed by atoms with E-state index >= 15 is 0 Å². The second kappa shape index (κ2) is 7.68. The van der Waals surface area contributed by atoms with Crippen LogP contribution in [-0.2, 0) is 19.0 Å². The Morgan fingerprint density at radius 3 is 2.50 bits per heavy atom. The number of piperidine rings is 1. The minimum atomic E-state index is -0.221. The molecule has 0 aliphatic carbocycles. The third-order valence-corrected chi connectivity index (χ3v) is 6.09. The number of likely N-dealkylation sites (tertiary alicyclic amines) is 1. The van der Waals surface area contributed by atoms with Crippen molar-refractivity contribution >= 4 is 5.91 Å². The van der Waals surface area contributed by atoms with Gasteiger partial charge in [0.2, 0.25) is 0 Å². The van der Waals surface area contributed by atoms with Gasteiger partial charge in [-0.15, -0.1) is 0 Å². The molecule has 136 valence electrons. The van der Waals surface area contributed by atoms with E-state index in [4.69, 9.17) is 14.2 Å². The van der Waals surface area contributed by atoms with Gasteiger partial charge in [0.1, 0.15) is 6.10 Å². The number of nitrogens with zero attached hydrogens (tertiary/aromatic N) is 2. The zero-order valence-electron chi connectivity index (χ0n) is 14.5. The zero-order valence-corrected chi connectivity index (χ0v) is 14.5. The minimum Gasteiger partial charge on any atom is -0.381 e. The number of fused-ring (bicyclic) bond motifs is 1. The SMILES string of the molecule is O=C([C@@H]1C[C@H]2CCN(CC3CCOCC3)C[C@H]2O1)N1CCOCC1. The fourth-order valence-electron chi connectivity index (χ4n) is 4.60. The van der Waals surface area contributed by atoms with Crippen LogP contribution < -0.4 is 0 Å². The summed E-state index contributed by atoms with van der Waals surface area (Å²) in [6.07, 6.45) is 4.47. The highest BCUT2D eigenvalue weighted by Crippen LogP contribution is 2.34. The van der Waals surface area contributed by atoms with E-state index in [0.717, 1.165) is 45.2 Å². The van der Waals surface area contributed by atoms with Gasteiger partial charge >= 0.3 is 0 Å². The van der Waals surface area contributed by atoms with Crippen molar-refractivity contribution in [3.63, 3.8) is 0 Å². The van der Waals surface area contributed by atoms with Gasteiger partial charge in [-0.2, -0.15) is 0 Å². The number of carbonyl (C=O) groups excluding carboxylic acids is 1. The highest BCUT2D eigenvalue weighted by molar-refractivity contribution is 5.81. The van der Waals surface area contributed by atoms with Crippen molar-refractivity contribution in [2.75, 3.05) is 59.2 Å². The molecule has 0 bridgehead atoms. The summed E-state index contributed by atoms with van der Waals surface area (Å²) in [6, 6.07) is 0. The molecule has 0 aromatic carbocycles. The molecule has 0 radical (unpaired) electrons. The molecule has 0 saturated carbocycles. The Morgan fingerprint density at radius 2 is 1.71 bits per heavy atom. The zero-order chi connectivity index (χ0) is 16.4. The van der Waals surface area contributed by atoms with Crippen molar-refractivity contribution < 1.29 is 19.0 Å². The van der Waals surface area contributed by atoms with Crippen molar-refractivity contribution in [2.24, 2.45) is 11.8 Å². The van der Waals surface area contributed by atoms with E-state index in [-0.39, 0.29) is 18.1 Å². The molecule has 4 heterocycles. The van der Waals surface area contributed by atoms with E-state index in [1.165, 1.54) is 19.3 Å². The molecule has 0 aromatic heterocycles. The third kappa shape index (κ3) is 3.77. The highest BCUT2D eigenvalue weighted by Gasteiger charge is 2.43. The van der Waals surface area contributed by atoms with E-state index in [1.54, 1.807) is 0 Å². The van der Waals surface area contributed by atoms with Crippen molar-refractivity contribution in [3.05, 3.63) is 0 Å². The first-order valence-electron chi connectivity index (χ1n) is 9.61. The van der Waals surface area contributed by atoms with Gasteiger partial charge in [0.25, 0.3) is 5.91 Å². The van der Waals surface area contributed by atoms with Crippen LogP contribution in [0.5, 0.6) is 0 Å². The van der Waals surface area contributed by atoms with Gasteiger partial charge in [-0.1, -0.05) is 0 Å². The third-order valence-electron chi connectivity index (χ3n) is 6.09. The van der Waals surface area contributed by atoms with Crippen molar-refractivity contribution in [1.29, 1.82) is 0 Å².